The number of nitrogens with one attached hydrogen (secondary N) is 1. The molecule has 26 heavy (non-hydrogen) atoms. The summed E-state index contributed by atoms with van der Waals surface area (Å²) in [5.41, 5.74) is 1.44. The van der Waals surface area contributed by atoms with Crippen LogP contribution in [0.25, 0.3) is 21.1 Å². The zero-order chi connectivity index (χ0) is 18.4. The number of rotatable bonds is 3. The van der Waals surface area contributed by atoms with E-state index in [1.54, 1.807) is 17.5 Å². The number of aromatic nitrogens is 3. The van der Waals surface area contributed by atoms with Gasteiger partial charge in [-0.3, -0.25) is 9.59 Å². The SMILES string of the molecule is Cc1cc2c(s1)c1cnn(CC(=O)N[C@@H]3CCCC[C@H]3C)c(=O)c1n2C. The number of hydrogen-bond acceptors (Lipinski definition) is 4. The van der Waals surface area contributed by atoms with Crippen LogP contribution in [0.1, 0.15) is 37.5 Å². The second-order valence-electron chi connectivity index (χ2n) is 7.44. The van der Waals surface area contributed by atoms with E-state index >= 15 is 0 Å². The van der Waals surface area contributed by atoms with E-state index in [0.717, 1.165) is 34.9 Å². The Morgan fingerprint density at radius 2 is 2.15 bits per heavy atom. The van der Waals surface area contributed by atoms with E-state index in [9.17, 15) is 9.59 Å². The van der Waals surface area contributed by atoms with Crippen molar-refractivity contribution in [3.63, 3.8) is 0 Å². The summed E-state index contributed by atoms with van der Waals surface area (Å²) in [7, 11) is 1.90. The molecule has 4 rings (SSSR count). The Kier molecular flexibility index (Phi) is 4.34. The molecule has 0 aliphatic heterocycles. The van der Waals surface area contributed by atoms with Crippen LogP contribution < -0.4 is 10.9 Å². The summed E-state index contributed by atoms with van der Waals surface area (Å²) in [4.78, 5) is 26.6. The van der Waals surface area contributed by atoms with Crippen molar-refractivity contribution < 1.29 is 4.79 Å². The lowest BCUT2D eigenvalue weighted by Crippen LogP contribution is -2.43. The van der Waals surface area contributed by atoms with Gasteiger partial charge in [0.2, 0.25) is 5.91 Å². The molecule has 0 spiro atoms. The highest BCUT2D eigenvalue weighted by atomic mass is 32.1. The Morgan fingerprint density at radius 3 is 2.92 bits per heavy atom. The number of nitrogens with zero attached hydrogens (tertiary/aromatic N) is 3. The first kappa shape index (κ1) is 17.3. The molecule has 3 heterocycles. The van der Waals surface area contributed by atoms with Crippen molar-refractivity contribution in [2.45, 2.75) is 52.1 Å². The van der Waals surface area contributed by atoms with Gasteiger partial charge in [-0.2, -0.15) is 5.10 Å². The predicted octanol–water partition coefficient (Wildman–Crippen LogP) is 2.95. The van der Waals surface area contributed by atoms with Gasteiger partial charge >= 0.3 is 0 Å². The van der Waals surface area contributed by atoms with Gasteiger partial charge in [0.1, 0.15) is 12.1 Å². The van der Waals surface area contributed by atoms with Gasteiger partial charge in [-0.25, -0.2) is 4.68 Å². The van der Waals surface area contributed by atoms with Crippen LogP contribution in [0.4, 0.5) is 0 Å². The van der Waals surface area contributed by atoms with Crippen molar-refractivity contribution in [1.82, 2.24) is 19.7 Å². The highest BCUT2D eigenvalue weighted by Gasteiger charge is 2.23. The van der Waals surface area contributed by atoms with E-state index in [1.165, 1.54) is 16.0 Å². The lowest BCUT2D eigenvalue weighted by atomic mass is 9.86. The van der Waals surface area contributed by atoms with Crippen molar-refractivity contribution in [2.75, 3.05) is 0 Å². The second-order valence-corrected chi connectivity index (χ2v) is 8.69. The smallest absolute Gasteiger partial charge is 0.291 e. The van der Waals surface area contributed by atoms with Crippen LogP contribution >= 0.6 is 11.3 Å². The van der Waals surface area contributed by atoms with Crippen LogP contribution in [0, 0.1) is 12.8 Å². The first-order valence-corrected chi connectivity index (χ1v) is 10.0. The fraction of sp³-hybridized carbons (Fsp3) is 0.526. The summed E-state index contributed by atoms with van der Waals surface area (Å²) in [6.07, 6.45) is 6.26. The fourth-order valence-electron chi connectivity index (χ4n) is 4.06. The Hall–Kier alpha value is -2.15. The van der Waals surface area contributed by atoms with Gasteiger partial charge in [0.15, 0.2) is 0 Å². The number of thiophene rings is 1. The highest BCUT2D eigenvalue weighted by molar-refractivity contribution is 7.20. The molecule has 2 atom stereocenters. The normalized spacial score (nSPS) is 20.7. The molecule has 6 nitrogen and oxygen atoms in total. The van der Waals surface area contributed by atoms with E-state index in [4.69, 9.17) is 0 Å². The van der Waals surface area contributed by atoms with Crippen LogP contribution in [0.15, 0.2) is 17.1 Å². The van der Waals surface area contributed by atoms with Crippen molar-refractivity contribution in [2.24, 2.45) is 13.0 Å². The summed E-state index contributed by atoms with van der Waals surface area (Å²) < 4.78 is 4.27. The van der Waals surface area contributed by atoms with Gasteiger partial charge in [-0.05, 0) is 31.7 Å². The quantitative estimate of drug-likeness (QED) is 0.768. The third kappa shape index (κ3) is 2.84. The Balaban J connectivity index is 1.63. The molecule has 1 aliphatic rings. The van der Waals surface area contributed by atoms with Gasteiger partial charge in [0.25, 0.3) is 5.56 Å². The van der Waals surface area contributed by atoms with Crippen LogP contribution in [0.5, 0.6) is 0 Å². The lowest BCUT2D eigenvalue weighted by molar-refractivity contribution is -0.123. The van der Waals surface area contributed by atoms with Crippen molar-refractivity contribution >= 4 is 38.4 Å². The third-order valence-corrected chi connectivity index (χ3v) is 6.62. The largest absolute Gasteiger partial charge is 0.351 e. The summed E-state index contributed by atoms with van der Waals surface area (Å²) in [5, 5.41) is 8.22. The molecule has 1 amide bonds. The molecular weight excluding hydrogens is 348 g/mol. The topological polar surface area (TPSA) is 68.9 Å². The van der Waals surface area contributed by atoms with Crippen molar-refractivity contribution in [3.05, 3.63) is 27.5 Å². The first-order valence-electron chi connectivity index (χ1n) is 9.19. The monoisotopic (exact) mass is 372 g/mol. The molecule has 1 aliphatic carbocycles. The molecule has 0 bridgehead atoms. The molecule has 0 radical (unpaired) electrons. The molecule has 1 N–H and O–H groups in total. The molecule has 3 aromatic rings. The van der Waals surface area contributed by atoms with Crippen LogP contribution in [-0.2, 0) is 18.4 Å². The number of amides is 1. The average molecular weight is 372 g/mol. The van der Waals surface area contributed by atoms with Crippen molar-refractivity contribution in [3.8, 4) is 0 Å². The van der Waals surface area contributed by atoms with Gasteiger partial charge in [-0.1, -0.05) is 19.8 Å². The maximum Gasteiger partial charge on any atom is 0.291 e. The zero-order valence-corrected chi connectivity index (χ0v) is 16.2. The highest BCUT2D eigenvalue weighted by Crippen LogP contribution is 2.32. The zero-order valence-electron chi connectivity index (χ0n) is 15.4. The summed E-state index contributed by atoms with van der Waals surface area (Å²) >= 11 is 1.67. The number of aryl methyl sites for hydroxylation is 2. The summed E-state index contributed by atoms with van der Waals surface area (Å²) in [6, 6.07) is 2.29. The molecule has 0 unspecified atom stereocenters. The van der Waals surface area contributed by atoms with Crippen LogP contribution in [0.2, 0.25) is 0 Å². The molecule has 0 aromatic carbocycles. The number of carbonyl (C=O) groups is 1. The molecule has 1 saturated carbocycles. The van der Waals surface area contributed by atoms with E-state index < -0.39 is 0 Å². The van der Waals surface area contributed by atoms with Crippen LogP contribution in [0.3, 0.4) is 0 Å². The minimum atomic E-state index is -0.210. The maximum atomic E-state index is 12.9. The van der Waals surface area contributed by atoms with E-state index in [2.05, 4.69) is 30.3 Å². The Morgan fingerprint density at radius 1 is 1.38 bits per heavy atom. The molecule has 0 saturated heterocycles. The summed E-state index contributed by atoms with van der Waals surface area (Å²) in [5.74, 6) is 0.354. The predicted molar refractivity (Wildman–Crippen MR) is 105 cm³/mol. The van der Waals surface area contributed by atoms with E-state index in [0.29, 0.717) is 11.4 Å². The Labute approximate surface area is 155 Å². The summed E-state index contributed by atoms with van der Waals surface area (Å²) in [6.45, 7) is 4.21. The molecule has 3 aromatic heterocycles. The molecule has 7 heteroatoms. The number of hydrogen-bond donors (Lipinski definition) is 1. The first-order chi connectivity index (χ1) is 12.5. The van der Waals surface area contributed by atoms with E-state index in [1.807, 2.05) is 11.6 Å². The van der Waals surface area contributed by atoms with Gasteiger partial charge in [-0.15, -0.1) is 11.3 Å². The van der Waals surface area contributed by atoms with Gasteiger partial charge in [0.05, 0.1) is 16.4 Å². The Bertz CT molecular complexity index is 1050. The second kappa shape index (κ2) is 6.54. The van der Waals surface area contributed by atoms with Crippen LogP contribution in [-0.4, -0.2) is 26.3 Å². The molecule has 138 valence electrons. The van der Waals surface area contributed by atoms with Crippen molar-refractivity contribution in [1.29, 1.82) is 0 Å². The average Bonchev–Trinajstić information content (AvgIpc) is 3.10. The molecule has 1 fully saturated rings. The van der Waals surface area contributed by atoms with Gasteiger partial charge in [0, 0.05) is 23.4 Å². The third-order valence-electron chi connectivity index (χ3n) is 5.55. The number of fused-ring (bicyclic) bond motifs is 3. The minimum absolute atomic E-state index is 0.0319. The fourth-order valence-corrected chi connectivity index (χ4v) is 5.12. The maximum absolute atomic E-state index is 12.9. The van der Waals surface area contributed by atoms with E-state index in [-0.39, 0.29) is 24.1 Å². The molecular formula is C19H24N4O2S. The lowest BCUT2D eigenvalue weighted by Gasteiger charge is -2.29. The minimum Gasteiger partial charge on any atom is -0.351 e. The number of carbonyl (C=O) groups excluding carboxylic acids is 1. The standard InChI is InChI=1S/C19H24N4O2S/c1-11-6-4-5-7-14(11)21-16(24)10-23-19(25)17-13(9-20-23)18-15(22(17)3)8-12(2)26-18/h8-9,11,14H,4-7,10H2,1-3H3,(H,21,24)/t11-,14-/m1/s1. The van der Waals surface area contributed by atoms with Gasteiger partial charge < -0.3 is 9.88 Å².